The van der Waals surface area contributed by atoms with Crippen LogP contribution in [0.15, 0.2) is 60.7 Å². The number of amides is 2. The molecule has 28 heavy (non-hydrogen) atoms. The molecule has 1 fully saturated rings. The van der Waals surface area contributed by atoms with Gasteiger partial charge in [-0.1, -0.05) is 60.7 Å². The average molecular weight is 380 g/mol. The van der Waals surface area contributed by atoms with Gasteiger partial charge in [0.2, 0.25) is 0 Å². The van der Waals surface area contributed by atoms with Gasteiger partial charge in [0.1, 0.15) is 0 Å². The minimum Gasteiger partial charge on any atom is -0.333 e. The van der Waals surface area contributed by atoms with Crippen LogP contribution in [0.5, 0.6) is 0 Å². The van der Waals surface area contributed by atoms with E-state index in [1.165, 1.54) is 5.56 Å². The lowest BCUT2D eigenvalue weighted by Gasteiger charge is -2.49. The molecule has 2 aromatic rings. The molecule has 0 aliphatic heterocycles. The molecule has 1 aliphatic carbocycles. The first-order valence-corrected chi connectivity index (χ1v) is 10.1. The summed E-state index contributed by atoms with van der Waals surface area (Å²) in [7, 11) is 6.20. The third-order valence-electron chi connectivity index (χ3n) is 6.37. The Hall–Kier alpha value is -2.33. The normalized spacial score (nSPS) is 24.8. The molecule has 4 nitrogen and oxygen atoms in total. The minimum atomic E-state index is -0.170. The maximum absolute atomic E-state index is 12.8. The van der Waals surface area contributed by atoms with E-state index in [0.717, 1.165) is 31.2 Å². The Labute approximate surface area is 169 Å². The van der Waals surface area contributed by atoms with Gasteiger partial charge in [0.05, 0.1) is 0 Å². The standard InChI is InChI=1S/C24H33N3O/c1-23(25-22(28)27(4)19-20-11-7-5-8-12-20)15-17-24(18-16-23,26(2)3)21-13-9-6-10-14-21/h5-14H,15-19H2,1-4H3,(H,25,28)/t23-,24+. The Morgan fingerprint density at radius 3 is 1.96 bits per heavy atom. The molecule has 0 aromatic heterocycles. The highest BCUT2D eigenvalue weighted by Gasteiger charge is 2.43. The Morgan fingerprint density at radius 1 is 0.893 bits per heavy atom. The minimum absolute atomic E-state index is 0.00316. The lowest BCUT2D eigenvalue weighted by Crippen LogP contribution is -2.56. The fourth-order valence-corrected chi connectivity index (χ4v) is 4.37. The number of benzene rings is 2. The fourth-order valence-electron chi connectivity index (χ4n) is 4.37. The average Bonchev–Trinajstić information content (AvgIpc) is 2.70. The highest BCUT2D eigenvalue weighted by molar-refractivity contribution is 5.74. The topological polar surface area (TPSA) is 35.6 Å². The van der Waals surface area contributed by atoms with E-state index in [1.54, 1.807) is 4.90 Å². The largest absolute Gasteiger partial charge is 0.333 e. The number of hydrogen-bond acceptors (Lipinski definition) is 2. The molecule has 2 amide bonds. The molecule has 0 atom stereocenters. The first-order valence-electron chi connectivity index (χ1n) is 10.1. The van der Waals surface area contributed by atoms with E-state index in [9.17, 15) is 4.79 Å². The molecule has 2 aromatic carbocycles. The van der Waals surface area contributed by atoms with E-state index in [-0.39, 0.29) is 17.1 Å². The fraction of sp³-hybridized carbons (Fsp3) is 0.458. The van der Waals surface area contributed by atoms with E-state index in [0.29, 0.717) is 6.54 Å². The van der Waals surface area contributed by atoms with Crippen molar-refractivity contribution >= 4 is 6.03 Å². The summed E-state index contributed by atoms with van der Waals surface area (Å²) in [6.07, 6.45) is 3.99. The SMILES string of the molecule is CN(Cc1ccccc1)C(=O)N[C@]1(C)CC[C@](c2ccccc2)(N(C)C)CC1. The maximum Gasteiger partial charge on any atom is 0.317 e. The van der Waals surface area contributed by atoms with Gasteiger partial charge in [-0.2, -0.15) is 0 Å². The van der Waals surface area contributed by atoms with E-state index in [1.807, 2.05) is 25.2 Å². The molecule has 0 radical (unpaired) electrons. The number of carbonyl (C=O) groups is 1. The van der Waals surface area contributed by atoms with Crippen molar-refractivity contribution in [2.24, 2.45) is 0 Å². The van der Waals surface area contributed by atoms with E-state index in [4.69, 9.17) is 0 Å². The zero-order valence-electron chi connectivity index (χ0n) is 17.6. The Balaban J connectivity index is 1.64. The zero-order valence-corrected chi connectivity index (χ0v) is 17.6. The number of carbonyl (C=O) groups excluding carboxylic acids is 1. The lowest BCUT2D eigenvalue weighted by atomic mass is 9.69. The van der Waals surface area contributed by atoms with Gasteiger partial charge in [-0.25, -0.2) is 4.79 Å². The van der Waals surface area contributed by atoms with Crippen LogP contribution in [-0.4, -0.2) is 42.5 Å². The van der Waals surface area contributed by atoms with Crippen molar-refractivity contribution in [1.82, 2.24) is 15.1 Å². The van der Waals surface area contributed by atoms with Crippen LogP contribution >= 0.6 is 0 Å². The molecule has 150 valence electrons. The second-order valence-electron chi connectivity index (χ2n) is 8.62. The van der Waals surface area contributed by atoms with Gasteiger partial charge in [-0.15, -0.1) is 0 Å². The zero-order chi connectivity index (χ0) is 20.2. The monoisotopic (exact) mass is 379 g/mol. The number of nitrogens with zero attached hydrogens (tertiary/aromatic N) is 2. The molecule has 0 saturated heterocycles. The molecule has 1 N–H and O–H groups in total. The number of hydrogen-bond donors (Lipinski definition) is 1. The molecule has 0 heterocycles. The molecule has 0 bridgehead atoms. The van der Waals surface area contributed by atoms with Crippen LogP contribution in [0.4, 0.5) is 4.79 Å². The Morgan fingerprint density at radius 2 is 1.43 bits per heavy atom. The Bertz CT molecular complexity index is 765. The second-order valence-corrected chi connectivity index (χ2v) is 8.62. The van der Waals surface area contributed by atoms with Gasteiger partial charge >= 0.3 is 6.03 Å². The van der Waals surface area contributed by atoms with Crippen molar-refractivity contribution < 1.29 is 4.79 Å². The summed E-state index contributed by atoms with van der Waals surface area (Å²) in [5.74, 6) is 0. The van der Waals surface area contributed by atoms with Crippen LogP contribution in [0.1, 0.15) is 43.7 Å². The van der Waals surface area contributed by atoms with Gasteiger partial charge in [0.15, 0.2) is 0 Å². The van der Waals surface area contributed by atoms with Crippen molar-refractivity contribution in [1.29, 1.82) is 0 Å². The Kier molecular flexibility index (Phi) is 6.09. The van der Waals surface area contributed by atoms with Crippen molar-refractivity contribution in [3.8, 4) is 0 Å². The van der Waals surface area contributed by atoms with Crippen LogP contribution in [0.25, 0.3) is 0 Å². The summed E-state index contributed by atoms with van der Waals surface area (Å²) in [4.78, 5) is 16.9. The summed E-state index contributed by atoms with van der Waals surface area (Å²) in [6.45, 7) is 2.81. The molecule has 1 saturated carbocycles. The van der Waals surface area contributed by atoms with E-state index < -0.39 is 0 Å². The molecule has 3 rings (SSSR count). The molecular weight excluding hydrogens is 346 g/mol. The molecule has 1 aliphatic rings. The number of urea groups is 1. The lowest BCUT2D eigenvalue weighted by molar-refractivity contribution is 0.0613. The smallest absolute Gasteiger partial charge is 0.317 e. The van der Waals surface area contributed by atoms with Crippen molar-refractivity contribution in [3.05, 3.63) is 71.8 Å². The number of nitrogens with one attached hydrogen (secondary N) is 1. The summed E-state index contributed by atoms with van der Waals surface area (Å²) in [5, 5.41) is 3.31. The summed E-state index contributed by atoms with van der Waals surface area (Å²) < 4.78 is 0. The molecule has 0 unspecified atom stereocenters. The van der Waals surface area contributed by atoms with Crippen LogP contribution in [-0.2, 0) is 12.1 Å². The predicted molar refractivity (Wildman–Crippen MR) is 115 cm³/mol. The first-order chi connectivity index (χ1) is 13.3. The van der Waals surface area contributed by atoms with Crippen molar-refractivity contribution in [2.45, 2.75) is 50.2 Å². The third kappa shape index (κ3) is 4.39. The van der Waals surface area contributed by atoms with E-state index >= 15 is 0 Å². The summed E-state index contributed by atoms with van der Waals surface area (Å²) >= 11 is 0. The highest BCUT2D eigenvalue weighted by atomic mass is 16.2. The molecule has 0 spiro atoms. The van der Waals surface area contributed by atoms with Gasteiger partial charge < -0.3 is 10.2 Å². The van der Waals surface area contributed by atoms with Gasteiger partial charge in [-0.3, -0.25) is 4.90 Å². The van der Waals surface area contributed by atoms with Crippen molar-refractivity contribution in [3.63, 3.8) is 0 Å². The second kappa shape index (κ2) is 8.36. The maximum atomic E-state index is 12.8. The van der Waals surface area contributed by atoms with Crippen LogP contribution in [0.2, 0.25) is 0 Å². The first kappa shape index (κ1) is 20.4. The van der Waals surface area contributed by atoms with Crippen molar-refractivity contribution in [2.75, 3.05) is 21.1 Å². The molecule has 4 heteroatoms. The van der Waals surface area contributed by atoms with Gasteiger partial charge in [0.25, 0.3) is 0 Å². The summed E-state index contributed by atoms with van der Waals surface area (Å²) in [5.41, 5.74) is 2.39. The quantitative estimate of drug-likeness (QED) is 0.823. The highest BCUT2D eigenvalue weighted by Crippen LogP contribution is 2.44. The van der Waals surface area contributed by atoms with Crippen LogP contribution < -0.4 is 5.32 Å². The predicted octanol–water partition coefficient (Wildman–Crippen LogP) is 4.62. The van der Waals surface area contributed by atoms with Crippen LogP contribution in [0.3, 0.4) is 0 Å². The summed E-state index contributed by atoms with van der Waals surface area (Å²) in [6, 6.07) is 20.9. The van der Waals surface area contributed by atoms with E-state index in [2.05, 4.69) is 73.7 Å². The van der Waals surface area contributed by atoms with Gasteiger partial charge in [0, 0.05) is 24.7 Å². The van der Waals surface area contributed by atoms with Gasteiger partial charge in [-0.05, 0) is 57.8 Å². The number of rotatable bonds is 5. The molecular formula is C24H33N3O. The van der Waals surface area contributed by atoms with Crippen LogP contribution in [0, 0.1) is 0 Å². The third-order valence-corrected chi connectivity index (χ3v) is 6.37.